The highest BCUT2D eigenvalue weighted by Gasteiger charge is 2.27. The van der Waals surface area contributed by atoms with Gasteiger partial charge in [0, 0.05) is 12.0 Å². The van der Waals surface area contributed by atoms with Crippen LogP contribution in [-0.4, -0.2) is 34.0 Å². The topological polar surface area (TPSA) is 127 Å². The van der Waals surface area contributed by atoms with Crippen molar-refractivity contribution in [3.8, 4) is 11.5 Å². The first-order chi connectivity index (χ1) is 8.38. The smallest absolute Gasteiger partial charge is 0.372 e. The van der Waals surface area contributed by atoms with Gasteiger partial charge in [0.15, 0.2) is 5.75 Å². The van der Waals surface area contributed by atoms with Crippen molar-refractivity contribution in [2.24, 2.45) is 0 Å². The van der Waals surface area contributed by atoms with Crippen LogP contribution in [0.25, 0.3) is 0 Å². The number of ketones is 1. The summed E-state index contributed by atoms with van der Waals surface area (Å²) in [6.45, 7) is 0. The molecule has 0 fully saturated rings. The second-order valence-electron chi connectivity index (χ2n) is 3.29. The van der Waals surface area contributed by atoms with Crippen LogP contribution in [0.3, 0.4) is 0 Å². The summed E-state index contributed by atoms with van der Waals surface area (Å²) in [6.07, 6.45) is -0.651. The van der Waals surface area contributed by atoms with Gasteiger partial charge in [0.1, 0.15) is 0 Å². The van der Waals surface area contributed by atoms with E-state index >= 15 is 0 Å². The van der Waals surface area contributed by atoms with Crippen LogP contribution in [0.4, 0.5) is 5.69 Å². The van der Waals surface area contributed by atoms with Crippen LogP contribution in [0.2, 0.25) is 0 Å². The molecule has 1 rings (SSSR count). The van der Waals surface area contributed by atoms with Gasteiger partial charge in [-0.25, -0.2) is 4.79 Å². The zero-order valence-corrected chi connectivity index (χ0v) is 9.24. The average Bonchev–Trinajstić information content (AvgIpc) is 2.30. The number of hydrogen-bond acceptors (Lipinski definition) is 6. The van der Waals surface area contributed by atoms with Gasteiger partial charge >= 0.3 is 11.7 Å². The van der Waals surface area contributed by atoms with Gasteiger partial charge in [-0.2, -0.15) is 0 Å². The first-order valence-electron chi connectivity index (χ1n) is 4.67. The fraction of sp³-hybridized carbons (Fsp3) is 0.200. The Morgan fingerprint density at radius 2 is 2.06 bits per heavy atom. The highest BCUT2D eigenvalue weighted by atomic mass is 16.6. The van der Waals surface area contributed by atoms with E-state index in [0.29, 0.717) is 0 Å². The van der Waals surface area contributed by atoms with E-state index in [9.17, 15) is 24.8 Å². The number of carboxylic acids is 1. The molecule has 0 spiro atoms. The number of hydrogen-bond donors (Lipinski definition) is 2. The number of carbonyl (C=O) groups excluding carboxylic acids is 1. The number of nitro benzene ring substituents is 1. The van der Waals surface area contributed by atoms with Crippen molar-refractivity contribution >= 4 is 17.4 Å². The van der Waals surface area contributed by atoms with Crippen molar-refractivity contribution in [3.05, 3.63) is 27.8 Å². The maximum absolute atomic E-state index is 11.0. The molecule has 96 valence electrons. The normalized spacial score (nSPS) is 9.83. The predicted octanol–water partition coefficient (Wildman–Crippen LogP) is 0.505. The summed E-state index contributed by atoms with van der Waals surface area (Å²) in [5.41, 5.74) is -0.755. The fourth-order valence-corrected chi connectivity index (χ4v) is 1.39. The van der Waals surface area contributed by atoms with Crippen LogP contribution in [0.15, 0.2) is 12.1 Å². The van der Waals surface area contributed by atoms with Crippen molar-refractivity contribution in [2.75, 3.05) is 7.11 Å². The highest BCUT2D eigenvalue weighted by molar-refractivity contribution is 6.33. The van der Waals surface area contributed by atoms with Gasteiger partial charge in [0.2, 0.25) is 11.5 Å². The first kappa shape index (κ1) is 13.4. The molecule has 0 bridgehead atoms. The number of ether oxygens (including phenoxy) is 1. The number of phenols is 1. The molecule has 0 atom stereocenters. The third-order valence-electron chi connectivity index (χ3n) is 2.17. The Kier molecular flexibility index (Phi) is 3.82. The summed E-state index contributed by atoms with van der Waals surface area (Å²) in [7, 11) is 1.12. The molecular formula is C10H9NO7. The molecule has 0 heterocycles. The molecule has 0 aliphatic heterocycles. The van der Waals surface area contributed by atoms with E-state index in [1.165, 1.54) is 0 Å². The molecule has 1 aromatic rings. The number of benzene rings is 1. The highest BCUT2D eigenvalue weighted by Crippen LogP contribution is 2.38. The van der Waals surface area contributed by atoms with Crippen LogP contribution in [0.5, 0.6) is 11.5 Å². The monoisotopic (exact) mass is 255 g/mol. The van der Waals surface area contributed by atoms with Crippen molar-refractivity contribution in [1.29, 1.82) is 0 Å². The number of phenolic OH excluding ortho intramolecular Hbond substituents is 1. The lowest BCUT2D eigenvalue weighted by atomic mass is 10.1. The molecule has 0 radical (unpaired) electrons. The van der Waals surface area contributed by atoms with Gasteiger partial charge in [-0.3, -0.25) is 14.9 Å². The van der Waals surface area contributed by atoms with E-state index < -0.39 is 40.3 Å². The molecule has 0 aliphatic carbocycles. The number of Topliss-reactive ketones (excluding diaryl/α,β-unsaturated/α-hetero) is 1. The van der Waals surface area contributed by atoms with E-state index in [2.05, 4.69) is 4.74 Å². The molecule has 0 unspecified atom stereocenters. The summed E-state index contributed by atoms with van der Waals surface area (Å²) < 4.78 is 4.67. The van der Waals surface area contributed by atoms with Crippen LogP contribution >= 0.6 is 0 Å². The Morgan fingerprint density at radius 3 is 2.50 bits per heavy atom. The van der Waals surface area contributed by atoms with Crippen molar-refractivity contribution < 1.29 is 29.5 Å². The predicted molar refractivity (Wildman–Crippen MR) is 57.7 cm³/mol. The first-order valence-corrected chi connectivity index (χ1v) is 4.67. The van der Waals surface area contributed by atoms with E-state index in [0.717, 1.165) is 19.2 Å². The van der Waals surface area contributed by atoms with Gasteiger partial charge in [0.05, 0.1) is 12.0 Å². The lowest BCUT2D eigenvalue weighted by molar-refractivity contribution is -0.386. The van der Waals surface area contributed by atoms with Gasteiger partial charge < -0.3 is 14.9 Å². The SMILES string of the molecule is COc1c(O)ccc(CC(=O)C(=O)O)c1[N+](=O)[O-]. The average molecular weight is 255 g/mol. The molecule has 8 nitrogen and oxygen atoms in total. The minimum absolute atomic E-state index is 0.137. The van der Waals surface area contributed by atoms with Gasteiger partial charge in [-0.05, 0) is 12.1 Å². The Balaban J connectivity index is 3.32. The third-order valence-corrected chi connectivity index (χ3v) is 2.17. The molecule has 0 aromatic heterocycles. The number of rotatable bonds is 5. The van der Waals surface area contributed by atoms with Gasteiger partial charge in [-0.1, -0.05) is 0 Å². The molecule has 0 saturated carbocycles. The molecule has 0 amide bonds. The van der Waals surface area contributed by atoms with E-state index in [4.69, 9.17) is 5.11 Å². The van der Waals surface area contributed by atoms with E-state index in [-0.39, 0.29) is 5.56 Å². The minimum Gasteiger partial charge on any atom is -0.504 e. The maximum atomic E-state index is 11.0. The van der Waals surface area contributed by atoms with Gasteiger partial charge in [-0.15, -0.1) is 0 Å². The fourth-order valence-electron chi connectivity index (χ4n) is 1.39. The quantitative estimate of drug-likeness (QED) is 0.445. The Morgan fingerprint density at radius 1 is 1.44 bits per heavy atom. The summed E-state index contributed by atoms with van der Waals surface area (Å²) in [4.78, 5) is 31.5. The van der Waals surface area contributed by atoms with Crippen LogP contribution in [0.1, 0.15) is 5.56 Å². The summed E-state index contributed by atoms with van der Waals surface area (Å²) in [5.74, 6) is -3.74. The number of carboxylic acid groups (broad SMARTS) is 1. The molecule has 0 aliphatic rings. The number of aromatic hydroxyl groups is 1. The van der Waals surface area contributed by atoms with Crippen molar-refractivity contribution in [1.82, 2.24) is 0 Å². The lowest BCUT2D eigenvalue weighted by Crippen LogP contribution is -2.16. The minimum atomic E-state index is -1.68. The molecule has 1 aromatic carbocycles. The van der Waals surface area contributed by atoms with Crippen molar-refractivity contribution in [3.63, 3.8) is 0 Å². The number of methoxy groups -OCH3 is 1. The molecular weight excluding hydrogens is 246 g/mol. The zero-order valence-electron chi connectivity index (χ0n) is 9.24. The number of nitro groups is 1. The molecule has 2 N–H and O–H groups in total. The Hall–Kier alpha value is -2.64. The zero-order chi connectivity index (χ0) is 13.9. The third kappa shape index (κ3) is 2.54. The molecule has 18 heavy (non-hydrogen) atoms. The summed E-state index contributed by atoms with van der Waals surface area (Å²) in [5, 5.41) is 28.7. The van der Waals surface area contributed by atoms with Crippen LogP contribution in [0, 0.1) is 10.1 Å². The van der Waals surface area contributed by atoms with Gasteiger partial charge in [0.25, 0.3) is 0 Å². The number of carbonyl (C=O) groups is 2. The van der Waals surface area contributed by atoms with E-state index in [1.54, 1.807) is 0 Å². The molecule has 8 heteroatoms. The van der Waals surface area contributed by atoms with Crippen molar-refractivity contribution in [2.45, 2.75) is 6.42 Å². The standard InChI is InChI=1S/C10H9NO7/c1-18-9-6(12)3-2-5(8(9)11(16)17)4-7(13)10(14)15/h2-3,12H,4H2,1H3,(H,14,15). The molecule has 0 saturated heterocycles. The maximum Gasteiger partial charge on any atom is 0.372 e. The summed E-state index contributed by atoms with van der Waals surface area (Å²) >= 11 is 0. The van der Waals surface area contributed by atoms with E-state index in [1.807, 2.05) is 0 Å². The van der Waals surface area contributed by atoms with Crippen LogP contribution in [-0.2, 0) is 16.0 Å². The van der Waals surface area contributed by atoms with Crippen LogP contribution < -0.4 is 4.74 Å². The Bertz CT molecular complexity index is 523. The Labute approximate surface area is 101 Å². The largest absolute Gasteiger partial charge is 0.504 e. The summed E-state index contributed by atoms with van der Waals surface area (Å²) in [6, 6.07) is 2.20. The number of nitrogens with zero attached hydrogens (tertiary/aromatic N) is 1. The second kappa shape index (κ2) is 5.13. The second-order valence-corrected chi connectivity index (χ2v) is 3.29. The lowest BCUT2D eigenvalue weighted by Gasteiger charge is -2.07. The number of aliphatic carboxylic acids is 1.